The molecule has 3 nitrogen and oxygen atoms in total. The summed E-state index contributed by atoms with van der Waals surface area (Å²) in [5.74, 6) is 0.165. The second kappa shape index (κ2) is 12.8. The van der Waals surface area contributed by atoms with E-state index in [9.17, 15) is 0 Å². The molecule has 0 saturated carbocycles. The topological polar surface area (TPSA) is 30.4 Å². The molecule has 0 fully saturated rings. The summed E-state index contributed by atoms with van der Waals surface area (Å²) in [5.41, 5.74) is 14.6. The van der Waals surface area contributed by atoms with Crippen LogP contribution in [0.3, 0.4) is 0 Å². The Morgan fingerprint density at radius 1 is 0.517 bits per heavy atom. The molecule has 0 saturated heterocycles. The van der Waals surface area contributed by atoms with Gasteiger partial charge in [0.1, 0.15) is 11.2 Å². The lowest BCUT2D eigenvalue weighted by Gasteiger charge is -2.25. The minimum absolute atomic E-state index is 0.165. The molecule has 13 rings (SSSR count). The zero-order valence-electron chi connectivity index (χ0n) is 33.1. The minimum atomic E-state index is 0.165. The number of rotatable bonds is 2. The molecule has 0 radical (unpaired) electrons. The van der Waals surface area contributed by atoms with Gasteiger partial charge in [0.25, 0.3) is 0 Å². The Morgan fingerprint density at radius 3 is 2.12 bits per heavy atom. The van der Waals surface area contributed by atoms with Crippen LogP contribution in [0, 0.1) is 5.92 Å². The molecule has 0 spiro atoms. The molecule has 0 aliphatic carbocycles. The second-order valence-electron chi connectivity index (χ2n) is 16.7. The lowest BCUT2D eigenvalue weighted by molar-refractivity contribution is 0.668. The van der Waals surface area contributed by atoms with Gasteiger partial charge >= 0.3 is 0 Å². The van der Waals surface area contributed by atoms with E-state index in [1.165, 1.54) is 70.8 Å². The van der Waals surface area contributed by atoms with Gasteiger partial charge < -0.3 is 8.98 Å². The van der Waals surface area contributed by atoms with Crippen molar-refractivity contribution in [3.05, 3.63) is 210 Å². The summed E-state index contributed by atoms with van der Waals surface area (Å²) in [6, 6.07) is 64.7. The number of aliphatic imine (C=N–C) groups is 1. The summed E-state index contributed by atoms with van der Waals surface area (Å²) in [6.45, 7) is 2.33. The highest BCUT2D eigenvalue weighted by Gasteiger charge is 2.28. The zero-order chi connectivity index (χ0) is 39.5. The molecule has 2 bridgehead atoms. The Bertz CT molecular complexity index is 3720. The highest BCUT2D eigenvalue weighted by Crippen LogP contribution is 2.46. The van der Waals surface area contributed by atoms with Crippen LogP contribution in [-0.2, 0) is 6.42 Å². The smallest absolute Gasteiger partial charge is 0.136 e. The van der Waals surface area contributed by atoms with Gasteiger partial charge in [-0.15, -0.1) is 0 Å². The average Bonchev–Trinajstić information content (AvgIpc) is 3.82. The monoisotopic (exact) mass is 766 g/mol. The number of fused-ring (bicyclic) bond motifs is 15. The van der Waals surface area contributed by atoms with Crippen LogP contribution >= 0.6 is 0 Å². The van der Waals surface area contributed by atoms with E-state index in [1.54, 1.807) is 0 Å². The van der Waals surface area contributed by atoms with Gasteiger partial charge in [-0.25, -0.2) is 0 Å². The molecule has 11 aromatic rings. The highest BCUT2D eigenvalue weighted by molar-refractivity contribution is 6.16. The molecule has 60 heavy (non-hydrogen) atoms. The molecule has 0 N–H and O–H groups in total. The van der Waals surface area contributed by atoms with E-state index in [1.807, 2.05) is 0 Å². The molecular formula is C57H38N2O. The lowest BCUT2D eigenvalue weighted by Crippen LogP contribution is -2.15. The minimum Gasteiger partial charge on any atom is -0.456 e. The average molecular weight is 767 g/mol. The van der Waals surface area contributed by atoms with Crippen LogP contribution in [0.15, 0.2) is 197 Å². The van der Waals surface area contributed by atoms with E-state index in [0.29, 0.717) is 6.42 Å². The van der Waals surface area contributed by atoms with Crippen molar-refractivity contribution in [3.63, 3.8) is 0 Å². The van der Waals surface area contributed by atoms with Gasteiger partial charge in [-0.2, -0.15) is 0 Å². The van der Waals surface area contributed by atoms with Crippen molar-refractivity contribution >= 4 is 93.0 Å². The molecule has 1 unspecified atom stereocenters. The number of hydrogen-bond donors (Lipinski definition) is 0. The standard InChI is InChI=1S/C57H38N2O/c1-34-19-24-44-48-33-55-49(46-17-9-10-18-54(46)60-55)32-53(48)59-51-28-35(20-25-45(51)47-30-38-14-5-6-15-39(38)31-52(47)59)27-50(44)57(58-56(34)37-12-3-2-4-13-37)41-23-26-43-40(29-41)22-21-36-11-7-8-16-42(36)43/h2-18,20-26,28-34H,19,27H2,1H3/b44-24?,57-50-,58-56?. The number of aromatic nitrogens is 1. The molecule has 4 heterocycles. The summed E-state index contributed by atoms with van der Waals surface area (Å²) < 4.78 is 9.25. The number of hydrogen-bond acceptors (Lipinski definition) is 2. The van der Waals surface area contributed by atoms with Gasteiger partial charge in [0, 0.05) is 45.0 Å². The summed E-state index contributed by atoms with van der Waals surface area (Å²) in [6.07, 6.45) is 4.06. The zero-order valence-corrected chi connectivity index (χ0v) is 33.1. The van der Waals surface area contributed by atoms with Crippen LogP contribution in [0.4, 0.5) is 0 Å². The Balaban J connectivity index is 1.17. The molecule has 9 aromatic carbocycles. The van der Waals surface area contributed by atoms with Gasteiger partial charge in [0.2, 0.25) is 0 Å². The van der Waals surface area contributed by atoms with Crippen molar-refractivity contribution in [2.24, 2.45) is 10.9 Å². The number of allylic oxidation sites excluding steroid dienone is 3. The summed E-state index contributed by atoms with van der Waals surface area (Å²) in [5, 5.41) is 12.2. The third kappa shape index (κ3) is 4.99. The van der Waals surface area contributed by atoms with Crippen LogP contribution in [-0.4, -0.2) is 10.3 Å². The first kappa shape index (κ1) is 33.5. The lowest BCUT2D eigenvalue weighted by atomic mass is 9.84. The van der Waals surface area contributed by atoms with Gasteiger partial charge in [-0.3, -0.25) is 4.99 Å². The molecule has 2 aliphatic rings. The maximum Gasteiger partial charge on any atom is 0.136 e. The Labute approximate surface area is 346 Å². The van der Waals surface area contributed by atoms with Crippen molar-refractivity contribution in [3.8, 4) is 5.69 Å². The van der Waals surface area contributed by atoms with Crippen LogP contribution in [0.1, 0.15) is 35.6 Å². The van der Waals surface area contributed by atoms with Crippen molar-refractivity contribution in [2.75, 3.05) is 0 Å². The third-order valence-corrected chi connectivity index (χ3v) is 13.2. The first-order valence-corrected chi connectivity index (χ1v) is 21.0. The van der Waals surface area contributed by atoms with Crippen LogP contribution in [0.25, 0.3) is 93.0 Å². The molecule has 282 valence electrons. The number of benzene rings is 9. The fourth-order valence-electron chi connectivity index (χ4n) is 10.2. The highest BCUT2D eigenvalue weighted by atomic mass is 16.3. The number of para-hydroxylation sites is 1. The van der Waals surface area contributed by atoms with E-state index in [0.717, 1.165) is 62.1 Å². The molecule has 1 atom stereocenters. The molecule has 3 heteroatoms. The van der Waals surface area contributed by atoms with Crippen molar-refractivity contribution in [1.29, 1.82) is 0 Å². The van der Waals surface area contributed by atoms with E-state index < -0.39 is 0 Å². The van der Waals surface area contributed by atoms with Gasteiger partial charge in [-0.05, 0) is 103 Å². The predicted octanol–water partition coefficient (Wildman–Crippen LogP) is 15.0. The Hall–Kier alpha value is -7.49. The summed E-state index contributed by atoms with van der Waals surface area (Å²) >= 11 is 0. The fourth-order valence-corrected chi connectivity index (χ4v) is 10.2. The van der Waals surface area contributed by atoms with Gasteiger partial charge in [0.05, 0.1) is 28.1 Å². The third-order valence-electron chi connectivity index (χ3n) is 13.2. The summed E-state index contributed by atoms with van der Waals surface area (Å²) in [4.78, 5) is 5.86. The maximum absolute atomic E-state index is 6.71. The largest absolute Gasteiger partial charge is 0.456 e. The second-order valence-corrected chi connectivity index (χ2v) is 16.7. The number of nitrogens with zero attached hydrogens (tertiary/aromatic N) is 2. The first-order valence-electron chi connectivity index (χ1n) is 21.0. The van der Waals surface area contributed by atoms with E-state index in [4.69, 9.17) is 9.41 Å². The van der Waals surface area contributed by atoms with Gasteiger partial charge in [-0.1, -0.05) is 146 Å². The normalized spacial score (nSPS) is 16.8. The van der Waals surface area contributed by atoms with Crippen LogP contribution < -0.4 is 0 Å². The molecule has 0 amide bonds. The van der Waals surface area contributed by atoms with Crippen molar-refractivity contribution in [2.45, 2.75) is 19.8 Å². The van der Waals surface area contributed by atoms with Crippen LogP contribution in [0.2, 0.25) is 0 Å². The quantitative estimate of drug-likeness (QED) is 0.161. The number of furan rings is 1. The van der Waals surface area contributed by atoms with E-state index >= 15 is 0 Å². The van der Waals surface area contributed by atoms with Crippen molar-refractivity contribution in [1.82, 2.24) is 4.57 Å². The molecule has 2 aliphatic heterocycles. The Kier molecular flexibility index (Phi) is 7.12. The van der Waals surface area contributed by atoms with E-state index in [-0.39, 0.29) is 5.92 Å². The fraction of sp³-hybridized carbons (Fsp3) is 0.0702. The maximum atomic E-state index is 6.71. The van der Waals surface area contributed by atoms with Gasteiger partial charge in [0.15, 0.2) is 0 Å². The van der Waals surface area contributed by atoms with E-state index in [2.05, 4.69) is 193 Å². The Morgan fingerprint density at radius 2 is 1.23 bits per heavy atom. The molecular weight excluding hydrogens is 729 g/mol. The first-order chi connectivity index (χ1) is 29.6. The summed E-state index contributed by atoms with van der Waals surface area (Å²) in [7, 11) is 0. The van der Waals surface area contributed by atoms with Crippen LogP contribution in [0.5, 0.6) is 0 Å². The van der Waals surface area contributed by atoms with Crippen molar-refractivity contribution < 1.29 is 4.42 Å². The SMILES string of the molecule is CC1CC=C2/C(=C(/c3ccc4c(ccc5ccccc54)c3)N=C1c1ccccc1)Cc1ccc3c4cc5ccccc5cc4n(c3c1)-c1cc3c(cc12)oc1ccccc13. The predicted molar refractivity (Wildman–Crippen MR) is 252 cm³/mol. The molecule has 2 aromatic heterocycles.